The van der Waals surface area contributed by atoms with E-state index in [1.54, 1.807) is 0 Å². The van der Waals surface area contributed by atoms with Gasteiger partial charge in [0.1, 0.15) is 0 Å². The maximum atomic E-state index is 11.1. The molecule has 19 heavy (non-hydrogen) atoms. The lowest BCUT2D eigenvalue weighted by atomic mass is 10.1. The zero-order valence-corrected chi connectivity index (χ0v) is 12.4. The molecule has 0 rings (SSSR count). The van der Waals surface area contributed by atoms with Crippen LogP contribution in [0.4, 0.5) is 0 Å². The van der Waals surface area contributed by atoms with Crippen LogP contribution in [0.2, 0.25) is 0 Å². The second-order valence-electron chi connectivity index (χ2n) is 4.74. The van der Waals surface area contributed by atoms with E-state index in [-0.39, 0.29) is 11.7 Å². The lowest BCUT2D eigenvalue weighted by Crippen LogP contribution is -1.94. The second kappa shape index (κ2) is 10.2. The summed E-state index contributed by atoms with van der Waals surface area (Å²) in [4.78, 5) is 28.5. The van der Waals surface area contributed by atoms with Crippen molar-refractivity contribution in [1.82, 2.24) is 0 Å². The minimum Gasteiger partial charge on any atom is -0.478 e. The fourth-order valence-electron chi connectivity index (χ4n) is 1.88. The SMILES string of the molecule is CCCCCCCCCC/C(=C/C(=O)O)P(=O)(O)O. The summed E-state index contributed by atoms with van der Waals surface area (Å²) in [6.07, 6.45) is 9.37. The van der Waals surface area contributed by atoms with Crippen molar-refractivity contribution in [2.45, 2.75) is 64.7 Å². The van der Waals surface area contributed by atoms with Crippen LogP contribution in [-0.2, 0) is 9.36 Å². The summed E-state index contributed by atoms with van der Waals surface area (Å²) < 4.78 is 11.1. The minimum atomic E-state index is -4.42. The van der Waals surface area contributed by atoms with Crippen LogP contribution in [0.3, 0.4) is 0 Å². The first-order valence-corrected chi connectivity index (χ1v) is 8.48. The molecule has 3 N–H and O–H groups in total. The molecule has 0 heterocycles. The minimum absolute atomic E-state index is 0.158. The molecular weight excluding hydrogens is 267 g/mol. The van der Waals surface area contributed by atoms with E-state index < -0.39 is 13.6 Å². The Kier molecular flexibility index (Phi) is 9.84. The Morgan fingerprint density at radius 3 is 1.89 bits per heavy atom. The number of allylic oxidation sites excluding steroid dienone is 1. The van der Waals surface area contributed by atoms with Gasteiger partial charge in [-0.25, -0.2) is 4.79 Å². The van der Waals surface area contributed by atoms with E-state index in [1.165, 1.54) is 25.7 Å². The molecule has 0 fully saturated rings. The Morgan fingerprint density at radius 2 is 1.47 bits per heavy atom. The number of carboxylic acids is 1. The van der Waals surface area contributed by atoms with Crippen LogP contribution < -0.4 is 0 Å². The van der Waals surface area contributed by atoms with Crippen molar-refractivity contribution in [1.29, 1.82) is 0 Å². The van der Waals surface area contributed by atoms with E-state index in [0.29, 0.717) is 12.5 Å². The van der Waals surface area contributed by atoms with E-state index in [9.17, 15) is 9.36 Å². The zero-order valence-electron chi connectivity index (χ0n) is 11.5. The number of unbranched alkanes of at least 4 members (excludes halogenated alkanes) is 7. The van der Waals surface area contributed by atoms with Crippen molar-refractivity contribution in [3.63, 3.8) is 0 Å². The van der Waals surface area contributed by atoms with Gasteiger partial charge < -0.3 is 14.9 Å². The molecule has 0 spiro atoms. The maximum absolute atomic E-state index is 11.1. The summed E-state index contributed by atoms with van der Waals surface area (Å²) in [5.41, 5.74) is 0. The number of hydrogen-bond acceptors (Lipinski definition) is 2. The molecule has 0 aromatic heterocycles. The van der Waals surface area contributed by atoms with Gasteiger partial charge in [0.25, 0.3) is 0 Å². The predicted molar refractivity (Wildman–Crippen MR) is 75.0 cm³/mol. The van der Waals surface area contributed by atoms with Gasteiger partial charge in [-0.3, -0.25) is 4.57 Å². The fraction of sp³-hybridized carbons (Fsp3) is 0.769. The molecule has 0 saturated carbocycles. The highest BCUT2D eigenvalue weighted by Crippen LogP contribution is 2.47. The van der Waals surface area contributed by atoms with Gasteiger partial charge in [0.05, 0.1) is 0 Å². The topological polar surface area (TPSA) is 94.8 Å². The highest BCUT2D eigenvalue weighted by molar-refractivity contribution is 7.56. The van der Waals surface area contributed by atoms with Gasteiger partial charge in [-0.2, -0.15) is 0 Å². The molecule has 0 aromatic rings. The molecular formula is C13H25O5P. The second-order valence-corrected chi connectivity index (χ2v) is 6.41. The van der Waals surface area contributed by atoms with Crippen LogP contribution in [0, 0.1) is 0 Å². The van der Waals surface area contributed by atoms with Gasteiger partial charge in [0.15, 0.2) is 0 Å². The van der Waals surface area contributed by atoms with Crippen molar-refractivity contribution in [2.75, 3.05) is 0 Å². The van der Waals surface area contributed by atoms with E-state index in [1.807, 2.05) is 0 Å². The first-order valence-electron chi connectivity index (χ1n) is 6.87. The molecule has 112 valence electrons. The fourth-order valence-corrected chi connectivity index (χ4v) is 2.61. The van der Waals surface area contributed by atoms with E-state index in [2.05, 4.69) is 6.92 Å². The Labute approximate surface area is 114 Å². The first kappa shape index (κ1) is 18.4. The van der Waals surface area contributed by atoms with Crippen LogP contribution in [-0.4, -0.2) is 20.9 Å². The normalized spacial score (nSPS) is 12.7. The third kappa shape index (κ3) is 10.9. The summed E-state index contributed by atoms with van der Waals surface area (Å²) in [6.45, 7) is 2.17. The summed E-state index contributed by atoms with van der Waals surface area (Å²) >= 11 is 0. The van der Waals surface area contributed by atoms with Gasteiger partial charge in [-0.1, -0.05) is 51.9 Å². The van der Waals surface area contributed by atoms with Crippen molar-refractivity contribution in [3.8, 4) is 0 Å². The quantitative estimate of drug-likeness (QED) is 0.307. The summed E-state index contributed by atoms with van der Waals surface area (Å²) in [5.74, 6) is -1.31. The van der Waals surface area contributed by atoms with Crippen molar-refractivity contribution < 1.29 is 24.3 Å². The van der Waals surface area contributed by atoms with Gasteiger partial charge in [0, 0.05) is 11.4 Å². The molecule has 0 bridgehead atoms. The van der Waals surface area contributed by atoms with Crippen LogP contribution in [0.25, 0.3) is 0 Å². The summed E-state index contributed by atoms with van der Waals surface area (Å²) in [6, 6.07) is 0. The Balaban J connectivity index is 3.84. The summed E-state index contributed by atoms with van der Waals surface area (Å²) in [5, 5.41) is 8.28. The van der Waals surface area contributed by atoms with E-state index in [0.717, 1.165) is 19.3 Å². The number of aliphatic carboxylic acids is 1. The van der Waals surface area contributed by atoms with Crippen molar-refractivity contribution >= 4 is 13.6 Å². The molecule has 0 atom stereocenters. The number of carbonyl (C=O) groups is 1. The molecule has 6 heteroatoms. The highest BCUT2D eigenvalue weighted by atomic mass is 31.2. The molecule has 5 nitrogen and oxygen atoms in total. The van der Waals surface area contributed by atoms with Crippen LogP contribution in [0.15, 0.2) is 11.4 Å². The Hall–Kier alpha value is -0.640. The molecule has 0 unspecified atom stereocenters. The van der Waals surface area contributed by atoms with Gasteiger partial charge in [0.2, 0.25) is 0 Å². The molecule has 0 radical (unpaired) electrons. The third-order valence-electron chi connectivity index (χ3n) is 2.95. The number of hydrogen-bond donors (Lipinski definition) is 3. The number of rotatable bonds is 11. The van der Waals surface area contributed by atoms with Crippen molar-refractivity contribution in [3.05, 3.63) is 11.4 Å². The van der Waals surface area contributed by atoms with E-state index >= 15 is 0 Å². The molecule has 0 amide bonds. The Bertz CT molecular complexity index is 332. The average Bonchev–Trinajstić information content (AvgIpc) is 2.29. The first-order chi connectivity index (χ1) is 8.88. The van der Waals surface area contributed by atoms with E-state index in [4.69, 9.17) is 14.9 Å². The molecule has 0 aliphatic heterocycles. The molecule has 0 aliphatic carbocycles. The van der Waals surface area contributed by atoms with Gasteiger partial charge in [-0.05, 0) is 12.8 Å². The largest absolute Gasteiger partial charge is 0.478 e. The third-order valence-corrected chi connectivity index (χ3v) is 4.05. The lowest BCUT2D eigenvalue weighted by molar-refractivity contribution is -0.131. The zero-order chi connectivity index (χ0) is 14.7. The maximum Gasteiger partial charge on any atom is 0.352 e. The van der Waals surface area contributed by atoms with Crippen LogP contribution in [0.5, 0.6) is 0 Å². The monoisotopic (exact) mass is 292 g/mol. The highest BCUT2D eigenvalue weighted by Gasteiger charge is 2.21. The number of carboxylic acid groups (broad SMARTS) is 1. The van der Waals surface area contributed by atoms with Crippen molar-refractivity contribution in [2.24, 2.45) is 0 Å². The summed E-state index contributed by atoms with van der Waals surface area (Å²) in [7, 11) is -4.42. The Morgan fingerprint density at radius 1 is 1.00 bits per heavy atom. The molecule has 0 saturated heterocycles. The smallest absolute Gasteiger partial charge is 0.352 e. The van der Waals surface area contributed by atoms with Crippen LogP contribution >= 0.6 is 7.60 Å². The lowest BCUT2D eigenvalue weighted by Gasteiger charge is -2.08. The van der Waals surface area contributed by atoms with Gasteiger partial charge >= 0.3 is 13.6 Å². The van der Waals surface area contributed by atoms with Crippen LogP contribution in [0.1, 0.15) is 64.7 Å². The molecule has 0 aromatic carbocycles. The van der Waals surface area contributed by atoms with Gasteiger partial charge in [-0.15, -0.1) is 0 Å². The molecule has 0 aliphatic rings. The predicted octanol–water partition coefficient (Wildman–Crippen LogP) is 3.66. The average molecular weight is 292 g/mol. The standard InChI is InChI=1S/C13H25O5P/c1-2-3-4-5-6-7-8-9-10-12(11-13(14)15)19(16,17)18/h11H,2-10H2,1H3,(H,14,15)(H2,16,17,18)/b12-11-.